The second-order valence-electron chi connectivity index (χ2n) is 7.79. The van der Waals surface area contributed by atoms with E-state index in [1.807, 2.05) is 12.2 Å². The fraction of sp³-hybridized carbons (Fsp3) is 0.550. The Morgan fingerprint density at radius 2 is 2.11 bits per heavy atom. The number of carboxylic acids is 1. The number of carboxylic acid groups (broad SMARTS) is 1. The normalized spacial score (nSPS) is 23.1. The number of halogens is 1. The molecule has 1 aromatic rings. The lowest BCUT2D eigenvalue weighted by atomic mass is 9.94. The van der Waals surface area contributed by atoms with Crippen molar-refractivity contribution in [3.63, 3.8) is 0 Å². The van der Waals surface area contributed by atoms with Crippen molar-refractivity contribution in [3.05, 3.63) is 34.7 Å². The van der Waals surface area contributed by atoms with Gasteiger partial charge in [-0.1, -0.05) is 17.7 Å². The number of hydrogen-bond acceptors (Lipinski definition) is 6. The second kappa shape index (κ2) is 7.62. The summed E-state index contributed by atoms with van der Waals surface area (Å²) in [5.74, 6) is 0.212. The molecular weight excluding hydrogens is 382 g/mol. The fourth-order valence-electron chi connectivity index (χ4n) is 3.82. The molecule has 0 radical (unpaired) electrons. The first-order valence-corrected chi connectivity index (χ1v) is 9.96. The van der Waals surface area contributed by atoms with Crippen molar-refractivity contribution in [2.24, 2.45) is 11.3 Å². The smallest absolute Gasteiger partial charge is 0.342 e. The zero-order chi connectivity index (χ0) is 19.7. The summed E-state index contributed by atoms with van der Waals surface area (Å²) in [6.45, 7) is 2.08. The van der Waals surface area contributed by atoms with E-state index in [4.69, 9.17) is 21.1 Å². The Balaban J connectivity index is 1.45. The van der Waals surface area contributed by atoms with Gasteiger partial charge in [-0.05, 0) is 43.6 Å². The van der Waals surface area contributed by atoms with Gasteiger partial charge < -0.3 is 19.5 Å². The van der Waals surface area contributed by atoms with E-state index in [2.05, 4.69) is 14.9 Å². The molecule has 28 heavy (non-hydrogen) atoms. The number of carbonyl (C=O) groups is 1. The van der Waals surface area contributed by atoms with Crippen LogP contribution in [0, 0.1) is 11.3 Å². The highest BCUT2D eigenvalue weighted by Crippen LogP contribution is 2.53. The molecule has 4 rings (SSSR count). The highest BCUT2D eigenvalue weighted by molar-refractivity contribution is 6.30. The quantitative estimate of drug-likeness (QED) is 0.773. The van der Waals surface area contributed by atoms with E-state index in [1.54, 1.807) is 7.11 Å². The van der Waals surface area contributed by atoms with E-state index < -0.39 is 5.97 Å². The summed E-state index contributed by atoms with van der Waals surface area (Å²) in [7, 11) is 1.58. The molecule has 1 spiro atoms. The van der Waals surface area contributed by atoms with Crippen LogP contribution in [0.4, 0.5) is 5.95 Å². The lowest BCUT2D eigenvalue weighted by molar-refractivity contribution is 0.0690. The molecule has 1 saturated carbocycles. The molecule has 1 aromatic heterocycles. The van der Waals surface area contributed by atoms with Crippen LogP contribution in [0.2, 0.25) is 0 Å². The molecule has 1 atom stereocenters. The molecule has 1 saturated heterocycles. The van der Waals surface area contributed by atoms with Gasteiger partial charge in [-0.25, -0.2) is 9.78 Å². The van der Waals surface area contributed by atoms with Crippen molar-refractivity contribution in [2.75, 3.05) is 31.7 Å². The zero-order valence-electron chi connectivity index (χ0n) is 15.9. The number of methoxy groups -OCH3 is 1. The van der Waals surface area contributed by atoms with Gasteiger partial charge in [0.1, 0.15) is 11.3 Å². The number of anilines is 1. The maximum Gasteiger partial charge on any atom is 0.342 e. The lowest BCUT2D eigenvalue weighted by Gasteiger charge is -2.32. The molecule has 0 bridgehead atoms. The summed E-state index contributed by atoms with van der Waals surface area (Å²) in [6, 6.07) is 0. The van der Waals surface area contributed by atoms with Gasteiger partial charge in [0, 0.05) is 19.0 Å². The van der Waals surface area contributed by atoms with Crippen LogP contribution in [-0.2, 0) is 4.74 Å². The molecular formula is C20H24ClN3O4. The van der Waals surface area contributed by atoms with Crippen LogP contribution in [0.1, 0.15) is 42.5 Å². The van der Waals surface area contributed by atoms with E-state index in [9.17, 15) is 9.90 Å². The van der Waals surface area contributed by atoms with Crippen LogP contribution in [0.3, 0.4) is 0 Å². The maximum absolute atomic E-state index is 11.6. The molecule has 1 aliphatic heterocycles. The molecule has 7 nitrogen and oxygen atoms in total. The average molecular weight is 406 g/mol. The van der Waals surface area contributed by atoms with Gasteiger partial charge in [0.25, 0.3) is 0 Å². The SMILES string of the molecule is COC1=C(Cl)CC(COc2nc(N3CCC4(CC3)CC4)ncc2C(=O)O)C=C1. The Hall–Kier alpha value is -2.28. The number of piperidine rings is 1. The molecule has 2 aliphatic carbocycles. The van der Waals surface area contributed by atoms with Gasteiger partial charge in [-0.2, -0.15) is 4.98 Å². The molecule has 1 N–H and O–H groups in total. The van der Waals surface area contributed by atoms with Crippen LogP contribution < -0.4 is 9.64 Å². The Morgan fingerprint density at radius 1 is 1.36 bits per heavy atom. The Kier molecular flexibility index (Phi) is 5.19. The van der Waals surface area contributed by atoms with E-state index in [1.165, 1.54) is 19.0 Å². The van der Waals surface area contributed by atoms with Crippen LogP contribution >= 0.6 is 11.6 Å². The Labute approximate surface area is 169 Å². The predicted octanol–water partition coefficient (Wildman–Crippen LogP) is 3.61. The molecule has 3 aliphatic rings. The molecule has 0 aromatic carbocycles. The topological polar surface area (TPSA) is 84.8 Å². The minimum absolute atomic E-state index is 0.0242. The first-order valence-electron chi connectivity index (χ1n) is 9.59. The monoisotopic (exact) mass is 405 g/mol. The molecule has 1 unspecified atom stereocenters. The van der Waals surface area contributed by atoms with Gasteiger partial charge in [0.05, 0.1) is 24.9 Å². The van der Waals surface area contributed by atoms with Gasteiger partial charge >= 0.3 is 5.97 Å². The van der Waals surface area contributed by atoms with Crippen molar-refractivity contribution in [1.82, 2.24) is 9.97 Å². The molecule has 2 fully saturated rings. The molecule has 8 heteroatoms. The standard InChI is InChI=1S/C20H24ClN3O4/c1-27-16-3-2-13(10-15(16)21)12-28-17-14(18(25)26)11-22-19(23-17)24-8-6-20(4-5-20)7-9-24/h2-3,11,13H,4-10,12H2,1H3,(H,25,26). The van der Waals surface area contributed by atoms with Crippen molar-refractivity contribution < 1.29 is 19.4 Å². The van der Waals surface area contributed by atoms with Gasteiger partial charge in [-0.15, -0.1) is 0 Å². The number of nitrogens with zero attached hydrogens (tertiary/aromatic N) is 3. The highest BCUT2D eigenvalue weighted by atomic mass is 35.5. The molecule has 2 heterocycles. The number of ether oxygens (including phenoxy) is 2. The summed E-state index contributed by atoms with van der Waals surface area (Å²) >= 11 is 6.22. The van der Waals surface area contributed by atoms with E-state index >= 15 is 0 Å². The zero-order valence-corrected chi connectivity index (χ0v) is 16.6. The van der Waals surface area contributed by atoms with Crippen molar-refractivity contribution >= 4 is 23.5 Å². The number of hydrogen-bond donors (Lipinski definition) is 1. The summed E-state index contributed by atoms with van der Waals surface area (Å²) in [5, 5.41) is 10.1. The number of aromatic nitrogens is 2. The lowest BCUT2D eigenvalue weighted by Crippen LogP contribution is -2.35. The van der Waals surface area contributed by atoms with Crippen molar-refractivity contribution in [2.45, 2.75) is 32.1 Å². The van der Waals surface area contributed by atoms with Crippen LogP contribution in [-0.4, -0.2) is 47.8 Å². The Bertz CT molecular complexity index is 825. The average Bonchev–Trinajstić information content (AvgIpc) is 3.45. The summed E-state index contributed by atoms with van der Waals surface area (Å²) in [6.07, 6.45) is 10.6. The third kappa shape index (κ3) is 3.94. The first-order chi connectivity index (χ1) is 13.5. The maximum atomic E-state index is 11.6. The van der Waals surface area contributed by atoms with Crippen LogP contribution in [0.15, 0.2) is 29.1 Å². The van der Waals surface area contributed by atoms with Crippen LogP contribution in [0.25, 0.3) is 0 Å². The third-order valence-electron chi connectivity index (χ3n) is 5.92. The number of rotatable bonds is 6. The molecule has 150 valence electrons. The number of aromatic carboxylic acids is 1. The fourth-order valence-corrected chi connectivity index (χ4v) is 4.15. The highest BCUT2D eigenvalue weighted by Gasteiger charge is 2.44. The summed E-state index contributed by atoms with van der Waals surface area (Å²) < 4.78 is 11.0. The summed E-state index contributed by atoms with van der Waals surface area (Å²) in [5.41, 5.74) is 0.524. The third-order valence-corrected chi connectivity index (χ3v) is 6.26. The predicted molar refractivity (Wildman–Crippen MR) is 105 cm³/mol. The van der Waals surface area contributed by atoms with Crippen LogP contribution in [0.5, 0.6) is 5.88 Å². The van der Waals surface area contributed by atoms with Crippen molar-refractivity contribution in [3.8, 4) is 5.88 Å². The number of allylic oxidation sites excluding steroid dienone is 2. The van der Waals surface area contributed by atoms with Gasteiger partial charge in [-0.3, -0.25) is 0 Å². The van der Waals surface area contributed by atoms with E-state index in [0.29, 0.717) is 28.6 Å². The first kappa shape index (κ1) is 19.1. The largest absolute Gasteiger partial charge is 0.496 e. The summed E-state index contributed by atoms with van der Waals surface area (Å²) in [4.78, 5) is 22.4. The minimum Gasteiger partial charge on any atom is -0.496 e. The van der Waals surface area contributed by atoms with Gasteiger partial charge in [0.2, 0.25) is 11.8 Å². The Morgan fingerprint density at radius 3 is 2.71 bits per heavy atom. The molecule has 0 amide bonds. The van der Waals surface area contributed by atoms with E-state index in [0.717, 1.165) is 25.9 Å². The second-order valence-corrected chi connectivity index (χ2v) is 8.24. The van der Waals surface area contributed by atoms with E-state index in [-0.39, 0.29) is 24.0 Å². The van der Waals surface area contributed by atoms with Crippen molar-refractivity contribution in [1.29, 1.82) is 0 Å². The van der Waals surface area contributed by atoms with Gasteiger partial charge in [0.15, 0.2) is 0 Å². The minimum atomic E-state index is -1.10.